The van der Waals surface area contributed by atoms with E-state index in [1.54, 1.807) is 0 Å². The summed E-state index contributed by atoms with van der Waals surface area (Å²) < 4.78 is 10.9. The predicted molar refractivity (Wildman–Crippen MR) is 66.4 cm³/mol. The molecule has 0 aliphatic carbocycles. The molecule has 0 unspecified atom stereocenters. The molecule has 1 aromatic carbocycles. The van der Waals surface area contributed by atoms with Crippen molar-refractivity contribution in [3.63, 3.8) is 0 Å². The first-order valence-corrected chi connectivity index (χ1v) is 5.79. The van der Waals surface area contributed by atoms with Gasteiger partial charge in [-0.3, -0.25) is 0 Å². The van der Waals surface area contributed by atoms with Crippen LogP contribution in [0.1, 0.15) is 19.4 Å². The number of hydrogen-bond donors (Lipinski definition) is 0. The fraction of sp³-hybridized carbons (Fsp3) is 0.385. The fourth-order valence-electron chi connectivity index (χ4n) is 1.26. The highest BCUT2D eigenvalue weighted by Crippen LogP contribution is 2.28. The Labute approximate surface area is 102 Å². The Hall–Kier alpha value is -1.33. The molecule has 0 radical (unpaired) electrons. The first-order valence-electron chi connectivity index (χ1n) is 5.26. The molecule has 0 heterocycles. The summed E-state index contributed by atoms with van der Waals surface area (Å²) in [5.41, 5.74) is 0.882. The van der Waals surface area contributed by atoms with Crippen molar-refractivity contribution >= 4 is 11.6 Å². The van der Waals surface area contributed by atoms with Crippen LogP contribution in [0.2, 0.25) is 0 Å². The van der Waals surface area contributed by atoms with Crippen LogP contribution in [0.4, 0.5) is 0 Å². The molecular formula is C13H15ClO2. The third-order valence-corrected chi connectivity index (χ3v) is 1.98. The Bertz CT molecular complexity index is 391. The molecule has 0 atom stereocenters. The quantitative estimate of drug-likeness (QED) is 0.593. The zero-order chi connectivity index (χ0) is 11.8. The second-order valence-corrected chi connectivity index (χ2v) is 3.23. The van der Waals surface area contributed by atoms with Gasteiger partial charge in [0, 0.05) is 5.56 Å². The maximum atomic E-state index is 5.50. The van der Waals surface area contributed by atoms with Crippen molar-refractivity contribution in [3.05, 3.63) is 23.8 Å². The number of benzene rings is 1. The van der Waals surface area contributed by atoms with Gasteiger partial charge in [-0.15, -0.1) is 11.6 Å². The van der Waals surface area contributed by atoms with E-state index in [0.717, 1.165) is 17.1 Å². The van der Waals surface area contributed by atoms with E-state index in [2.05, 4.69) is 11.8 Å². The molecule has 0 saturated carbocycles. The molecule has 0 bridgehead atoms. The summed E-state index contributed by atoms with van der Waals surface area (Å²) in [4.78, 5) is 0. The first-order chi connectivity index (χ1) is 7.81. The molecule has 0 fully saturated rings. The van der Waals surface area contributed by atoms with E-state index in [4.69, 9.17) is 21.1 Å². The zero-order valence-electron chi connectivity index (χ0n) is 9.55. The lowest BCUT2D eigenvalue weighted by atomic mass is 10.2. The third kappa shape index (κ3) is 3.67. The van der Waals surface area contributed by atoms with Crippen LogP contribution in [0, 0.1) is 11.8 Å². The molecule has 0 saturated heterocycles. The van der Waals surface area contributed by atoms with Gasteiger partial charge in [-0.05, 0) is 32.0 Å². The summed E-state index contributed by atoms with van der Waals surface area (Å²) >= 11 is 5.50. The largest absolute Gasteiger partial charge is 0.490 e. The van der Waals surface area contributed by atoms with Crippen molar-refractivity contribution in [1.29, 1.82) is 0 Å². The molecule has 1 aromatic rings. The number of hydrogen-bond acceptors (Lipinski definition) is 2. The second-order valence-electron chi connectivity index (χ2n) is 2.96. The molecule has 0 aromatic heterocycles. The van der Waals surface area contributed by atoms with Gasteiger partial charge in [0.2, 0.25) is 0 Å². The maximum absolute atomic E-state index is 5.50. The number of ether oxygens (including phenoxy) is 2. The lowest BCUT2D eigenvalue weighted by molar-refractivity contribution is 0.287. The van der Waals surface area contributed by atoms with Crippen molar-refractivity contribution in [1.82, 2.24) is 0 Å². The van der Waals surface area contributed by atoms with Crippen LogP contribution in [0.5, 0.6) is 11.5 Å². The highest BCUT2D eigenvalue weighted by molar-refractivity contribution is 6.19. The molecule has 0 spiro atoms. The lowest BCUT2D eigenvalue weighted by Gasteiger charge is -2.10. The Kier molecular flexibility index (Phi) is 5.60. The topological polar surface area (TPSA) is 18.5 Å². The molecule has 0 aliphatic heterocycles. The highest BCUT2D eigenvalue weighted by atomic mass is 35.5. The van der Waals surface area contributed by atoms with Crippen LogP contribution in [-0.2, 0) is 0 Å². The fourth-order valence-corrected chi connectivity index (χ4v) is 1.33. The van der Waals surface area contributed by atoms with Gasteiger partial charge in [0.1, 0.15) is 0 Å². The van der Waals surface area contributed by atoms with Gasteiger partial charge in [-0.1, -0.05) is 11.8 Å². The molecule has 1 rings (SSSR count). The number of alkyl halides is 1. The Balaban J connectivity index is 2.96. The predicted octanol–water partition coefficient (Wildman–Crippen LogP) is 3.07. The van der Waals surface area contributed by atoms with E-state index < -0.39 is 0 Å². The lowest BCUT2D eigenvalue weighted by Crippen LogP contribution is -1.98. The Morgan fingerprint density at radius 2 is 1.81 bits per heavy atom. The first kappa shape index (κ1) is 12.7. The van der Waals surface area contributed by atoms with Gasteiger partial charge in [0.05, 0.1) is 19.1 Å². The average Bonchev–Trinajstić information content (AvgIpc) is 2.30. The van der Waals surface area contributed by atoms with E-state index in [-0.39, 0.29) is 0 Å². The molecular weight excluding hydrogens is 224 g/mol. The second kappa shape index (κ2) is 7.03. The van der Waals surface area contributed by atoms with E-state index >= 15 is 0 Å². The summed E-state index contributed by atoms with van der Waals surface area (Å²) in [6, 6.07) is 5.63. The van der Waals surface area contributed by atoms with E-state index in [1.807, 2.05) is 32.0 Å². The van der Waals surface area contributed by atoms with Crippen LogP contribution in [-0.4, -0.2) is 19.1 Å². The molecule has 16 heavy (non-hydrogen) atoms. The molecule has 3 heteroatoms. The van der Waals surface area contributed by atoms with Gasteiger partial charge < -0.3 is 9.47 Å². The minimum atomic E-state index is 0.331. The Morgan fingerprint density at radius 1 is 1.12 bits per heavy atom. The minimum absolute atomic E-state index is 0.331. The maximum Gasteiger partial charge on any atom is 0.162 e. The number of halogens is 1. The van der Waals surface area contributed by atoms with Crippen molar-refractivity contribution in [3.8, 4) is 23.3 Å². The van der Waals surface area contributed by atoms with Crippen LogP contribution in [0.15, 0.2) is 18.2 Å². The van der Waals surface area contributed by atoms with Gasteiger partial charge in [0.15, 0.2) is 11.5 Å². The van der Waals surface area contributed by atoms with Crippen molar-refractivity contribution < 1.29 is 9.47 Å². The van der Waals surface area contributed by atoms with Crippen LogP contribution < -0.4 is 9.47 Å². The van der Waals surface area contributed by atoms with Gasteiger partial charge in [0.25, 0.3) is 0 Å². The monoisotopic (exact) mass is 238 g/mol. The smallest absolute Gasteiger partial charge is 0.162 e. The molecule has 0 N–H and O–H groups in total. The van der Waals surface area contributed by atoms with Crippen LogP contribution in [0.25, 0.3) is 0 Å². The van der Waals surface area contributed by atoms with Crippen molar-refractivity contribution in [2.24, 2.45) is 0 Å². The van der Waals surface area contributed by atoms with E-state index in [9.17, 15) is 0 Å². The third-order valence-electron chi connectivity index (χ3n) is 1.84. The SMILES string of the molecule is CCOc1ccc(C#CCCl)cc1OCC. The van der Waals surface area contributed by atoms with Crippen molar-refractivity contribution in [2.75, 3.05) is 19.1 Å². The molecule has 86 valence electrons. The zero-order valence-corrected chi connectivity index (χ0v) is 10.3. The molecule has 0 amide bonds. The van der Waals surface area contributed by atoms with Gasteiger partial charge in [-0.2, -0.15) is 0 Å². The number of rotatable bonds is 4. The van der Waals surface area contributed by atoms with E-state index in [0.29, 0.717) is 19.1 Å². The summed E-state index contributed by atoms with van der Waals surface area (Å²) in [7, 11) is 0. The van der Waals surface area contributed by atoms with Crippen molar-refractivity contribution in [2.45, 2.75) is 13.8 Å². The normalized spacial score (nSPS) is 9.19. The standard InChI is InChI=1S/C13H15ClO2/c1-3-15-12-8-7-11(6-5-9-14)10-13(12)16-4-2/h7-8,10H,3-4,9H2,1-2H3. The van der Waals surface area contributed by atoms with E-state index in [1.165, 1.54) is 0 Å². The summed E-state index contributed by atoms with van der Waals surface area (Å²) in [6.45, 7) is 5.10. The molecule has 2 nitrogen and oxygen atoms in total. The summed E-state index contributed by atoms with van der Waals surface area (Å²) in [6.07, 6.45) is 0. The summed E-state index contributed by atoms with van der Waals surface area (Å²) in [5.74, 6) is 7.56. The Morgan fingerprint density at radius 3 is 2.44 bits per heavy atom. The van der Waals surface area contributed by atoms with Gasteiger partial charge >= 0.3 is 0 Å². The molecule has 0 aliphatic rings. The van der Waals surface area contributed by atoms with Gasteiger partial charge in [-0.25, -0.2) is 0 Å². The van der Waals surface area contributed by atoms with Crippen LogP contribution >= 0.6 is 11.6 Å². The van der Waals surface area contributed by atoms with Crippen LogP contribution in [0.3, 0.4) is 0 Å². The highest BCUT2D eigenvalue weighted by Gasteiger charge is 2.04. The minimum Gasteiger partial charge on any atom is -0.490 e. The summed E-state index contributed by atoms with van der Waals surface area (Å²) in [5, 5.41) is 0. The average molecular weight is 239 g/mol.